The molecule has 12 heavy (non-hydrogen) atoms. The number of anilines is 1. The molecule has 1 N–H and O–H groups in total. The van der Waals surface area contributed by atoms with Crippen molar-refractivity contribution in [2.24, 2.45) is 0 Å². The Morgan fingerprint density at radius 3 is 3.08 bits per heavy atom. The maximum atomic E-state index is 3.53. The molecule has 1 heterocycles. The molecule has 1 aromatic rings. The summed E-state index contributed by atoms with van der Waals surface area (Å²) in [5.74, 6) is 0. The average Bonchev–Trinajstić information content (AvgIpc) is 2.50. The number of hydrogen-bond acceptors (Lipinski definition) is 1. The molecule has 0 atom stereocenters. The molecule has 0 bridgehead atoms. The van der Waals surface area contributed by atoms with Crippen LogP contribution in [-0.4, -0.2) is 6.54 Å². The van der Waals surface area contributed by atoms with Gasteiger partial charge in [-0.2, -0.15) is 0 Å². The largest absolute Gasteiger partial charge is 0.384 e. The molecule has 2 rings (SSSR count). The minimum absolute atomic E-state index is 1.10. The Balaban J connectivity index is 2.55. The molecule has 1 aliphatic heterocycles. The zero-order valence-corrected chi connectivity index (χ0v) is 8.74. The first kappa shape index (κ1) is 8.11. The predicted octanol–water partition coefficient (Wildman–Crippen LogP) is 2.98. The lowest BCUT2D eigenvalue weighted by molar-refractivity contribution is 1.10. The Bertz CT molecular complexity index is 307. The lowest BCUT2D eigenvalue weighted by Crippen LogP contribution is -1.94. The third-order valence-corrected chi connectivity index (χ3v) is 2.80. The van der Waals surface area contributed by atoms with E-state index in [1.54, 1.807) is 0 Å². The molecule has 1 aliphatic rings. The van der Waals surface area contributed by atoms with E-state index >= 15 is 0 Å². The van der Waals surface area contributed by atoms with Gasteiger partial charge in [-0.25, -0.2) is 0 Å². The van der Waals surface area contributed by atoms with Crippen molar-refractivity contribution in [1.29, 1.82) is 0 Å². The van der Waals surface area contributed by atoms with E-state index in [0.29, 0.717) is 0 Å². The van der Waals surface area contributed by atoms with Gasteiger partial charge in [0, 0.05) is 16.7 Å². The lowest BCUT2D eigenvalue weighted by atomic mass is 10.1. The average molecular weight is 226 g/mol. The molecule has 0 saturated carbocycles. The second-order valence-corrected chi connectivity index (χ2v) is 4.05. The van der Waals surface area contributed by atoms with Gasteiger partial charge in [-0.3, -0.25) is 0 Å². The third kappa shape index (κ3) is 1.24. The van der Waals surface area contributed by atoms with E-state index in [1.807, 2.05) is 0 Å². The van der Waals surface area contributed by atoms with E-state index < -0.39 is 0 Å². The Hall–Kier alpha value is -0.500. The summed E-state index contributed by atoms with van der Waals surface area (Å²) in [6.07, 6.45) is 2.27. The summed E-state index contributed by atoms with van der Waals surface area (Å²) in [6.45, 7) is 3.29. The summed E-state index contributed by atoms with van der Waals surface area (Å²) in [5, 5.41) is 3.43. The van der Waals surface area contributed by atoms with E-state index in [2.05, 4.69) is 40.3 Å². The number of hydrogen-bond donors (Lipinski definition) is 1. The predicted molar refractivity (Wildman–Crippen MR) is 55.7 cm³/mol. The van der Waals surface area contributed by atoms with Gasteiger partial charge in [0.05, 0.1) is 0 Å². The third-order valence-electron chi connectivity index (χ3n) is 2.34. The molecule has 0 saturated heterocycles. The van der Waals surface area contributed by atoms with E-state index in [0.717, 1.165) is 13.0 Å². The monoisotopic (exact) mass is 225 g/mol. The highest BCUT2D eigenvalue weighted by atomic mass is 79.9. The highest BCUT2D eigenvalue weighted by molar-refractivity contribution is 9.10. The van der Waals surface area contributed by atoms with Crippen molar-refractivity contribution in [1.82, 2.24) is 0 Å². The Kier molecular flexibility index (Phi) is 2.09. The van der Waals surface area contributed by atoms with Crippen molar-refractivity contribution >= 4 is 21.6 Å². The van der Waals surface area contributed by atoms with Gasteiger partial charge in [0.15, 0.2) is 0 Å². The zero-order valence-electron chi connectivity index (χ0n) is 7.15. The van der Waals surface area contributed by atoms with E-state index in [9.17, 15) is 0 Å². The Morgan fingerprint density at radius 2 is 2.33 bits per heavy atom. The van der Waals surface area contributed by atoms with Crippen LogP contribution in [0.25, 0.3) is 0 Å². The fourth-order valence-electron chi connectivity index (χ4n) is 1.75. The quantitative estimate of drug-likeness (QED) is 0.776. The topological polar surface area (TPSA) is 12.0 Å². The van der Waals surface area contributed by atoms with Crippen LogP contribution in [0.3, 0.4) is 0 Å². The van der Waals surface area contributed by atoms with Gasteiger partial charge in [0.25, 0.3) is 0 Å². The Labute approximate surface area is 81.3 Å². The van der Waals surface area contributed by atoms with Crippen LogP contribution in [0.1, 0.15) is 18.1 Å². The highest BCUT2D eigenvalue weighted by Gasteiger charge is 2.13. The van der Waals surface area contributed by atoms with Gasteiger partial charge in [-0.15, -0.1) is 0 Å². The SMILES string of the molecule is CCc1cc(Br)cc2c1NCC2. The fourth-order valence-corrected chi connectivity index (χ4v) is 2.30. The van der Waals surface area contributed by atoms with Crippen molar-refractivity contribution in [3.05, 3.63) is 27.7 Å². The summed E-state index contributed by atoms with van der Waals surface area (Å²) >= 11 is 3.53. The molecule has 0 fully saturated rings. The molecule has 0 amide bonds. The molecule has 0 aliphatic carbocycles. The van der Waals surface area contributed by atoms with E-state index in [-0.39, 0.29) is 0 Å². The van der Waals surface area contributed by atoms with Crippen LogP contribution in [0.4, 0.5) is 5.69 Å². The van der Waals surface area contributed by atoms with Crippen molar-refractivity contribution in [2.75, 3.05) is 11.9 Å². The minimum atomic E-state index is 1.10. The van der Waals surface area contributed by atoms with Crippen LogP contribution in [0.2, 0.25) is 0 Å². The summed E-state index contributed by atoms with van der Waals surface area (Å²) in [7, 11) is 0. The fraction of sp³-hybridized carbons (Fsp3) is 0.400. The number of benzene rings is 1. The molecule has 0 unspecified atom stereocenters. The number of halogens is 1. The highest BCUT2D eigenvalue weighted by Crippen LogP contribution is 2.30. The lowest BCUT2D eigenvalue weighted by Gasteiger charge is -2.07. The van der Waals surface area contributed by atoms with Crippen molar-refractivity contribution in [3.63, 3.8) is 0 Å². The number of rotatable bonds is 1. The normalized spacial score (nSPS) is 14.2. The molecule has 0 aromatic heterocycles. The van der Waals surface area contributed by atoms with Crippen LogP contribution >= 0.6 is 15.9 Å². The smallest absolute Gasteiger partial charge is 0.0406 e. The maximum Gasteiger partial charge on any atom is 0.0406 e. The van der Waals surface area contributed by atoms with Gasteiger partial charge in [-0.05, 0) is 36.1 Å². The van der Waals surface area contributed by atoms with Crippen LogP contribution in [0.5, 0.6) is 0 Å². The standard InChI is InChI=1S/C10H12BrN/c1-2-7-5-9(11)6-8-3-4-12-10(7)8/h5-6,12H,2-4H2,1H3. The number of fused-ring (bicyclic) bond motifs is 1. The van der Waals surface area contributed by atoms with E-state index in [1.165, 1.54) is 27.7 Å². The molecule has 2 heteroatoms. The summed E-state index contributed by atoms with van der Waals surface area (Å²) in [4.78, 5) is 0. The molecule has 64 valence electrons. The van der Waals surface area contributed by atoms with Crippen LogP contribution in [0.15, 0.2) is 16.6 Å². The molecule has 1 nitrogen and oxygen atoms in total. The number of nitrogens with one attached hydrogen (secondary N) is 1. The first-order chi connectivity index (χ1) is 5.81. The molecule has 0 spiro atoms. The maximum absolute atomic E-state index is 3.53. The van der Waals surface area contributed by atoms with Gasteiger partial charge in [-0.1, -0.05) is 22.9 Å². The second-order valence-electron chi connectivity index (χ2n) is 3.13. The van der Waals surface area contributed by atoms with Crippen molar-refractivity contribution in [3.8, 4) is 0 Å². The summed E-state index contributed by atoms with van der Waals surface area (Å²) in [6, 6.07) is 4.42. The van der Waals surface area contributed by atoms with Crippen LogP contribution in [-0.2, 0) is 12.8 Å². The van der Waals surface area contributed by atoms with E-state index in [4.69, 9.17) is 0 Å². The molecular formula is C10H12BrN. The van der Waals surface area contributed by atoms with Crippen LogP contribution in [0, 0.1) is 0 Å². The molecule has 0 radical (unpaired) electrons. The van der Waals surface area contributed by atoms with Crippen molar-refractivity contribution in [2.45, 2.75) is 19.8 Å². The summed E-state index contributed by atoms with van der Waals surface area (Å²) in [5.41, 5.74) is 4.26. The minimum Gasteiger partial charge on any atom is -0.384 e. The number of aryl methyl sites for hydroxylation is 1. The first-order valence-electron chi connectivity index (χ1n) is 4.36. The first-order valence-corrected chi connectivity index (χ1v) is 5.15. The van der Waals surface area contributed by atoms with Crippen molar-refractivity contribution < 1.29 is 0 Å². The van der Waals surface area contributed by atoms with Crippen LogP contribution < -0.4 is 5.32 Å². The Morgan fingerprint density at radius 1 is 1.50 bits per heavy atom. The van der Waals surface area contributed by atoms with Gasteiger partial charge in [0.1, 0.15) is 0 Å². The van der Waals surface area contributed by atoms with Gasteiger partial charge >= 0.3 is 0 Å². The summed E-state index contributed by atoms with van der Waals surface area (Å²) < 4.78 is 1.21. The molecule has 1 aromatic carbocycles. The van der Waals surface area contributed by atoms with Gasteiger partial charge < -0.3 is 5.32 Å². The molecular weight excluding hydrogens is 214 g/mol. The van der Waals surface area contributed by atoms with Gasteiger partial charge in [0.2, 0.25) is 0 Å². The zero-order chi connectivity index (χ0) is 8.55. The second kappa shape index (κ2) is 3.09.